The van der Waals surface area contributed by atoms with Gasteiger partial charge in [0.05, 0.1) is 67.8 Å². The third-order valence-corrected chi connectivity index (χ3v) is 25.4. The molecule has 0 N–H and O–H groups in total. The van der Waals surface area contributed by atoms with E-state index in [1.54, 1.807) is 0 Å². The summed E-state index contributed by atoms with van der Waals surface area (Å²) in [4.78, 5) is 88.2. The van der Waals surface area contributed by atoms with Crippen molar-refractivity contribution in [1.29, 1.82) is 0 Å². The Balaban J connectivity index is 0.000000105. The summed E-state index contributed by atoms with van der Waals surface area (Å²) in [5, 5.41) is 0. The molecule has 0 aromatic carbocycles. The number of hydrogen-bond acceptors (Lipinski definition) is 18. The van der Waals surface area contributed by atoms with E-state index in [1.165, 1.54) is 0 Å². The van der Waals surface area contributed by atoms with Crippen molar-refractivity contribution in [3.8, 4) is 0 Å². The molecule has 0 fully saturated rings. The van der Waals surface area contributed by atoms with Crippen LogP contribution in [0.4, 0.5) is 0 Å². The first-order chi connectivity index (χ1) is 54.0. The molecule has 0 radical (unpaired) electrons. The predicted molar refractivity (Wildman–Crippen MR) is 445 cm³/mol. The molecule has 0 bridgehead atoms. The lowest BCUT2D eigenvalue weighted by Crippen LogP contribution is -2.06. The fourth-order valence-electron chi connectivity index (χ4n) is 17.1. The average Bonchev–Trinajstić information content (AvgIpc) is 1.55. The molecular weight excluding hydrogens is 1430 g/mol. The van der Waals surface area contributed by atoms with Gasteiger partial charge >= 0.3 is 0 Å². The van der Waals surface area contributed by atoms with Crippen molar-refractivity contribution >= 4 is 136 Å². The van der Waals surface area contributed by atoms with Crippen LogP contribution in [0.1, 0.15) is 170 Å². The van der Waals surface area contributed by atoms with Crippen LogP contribution in [0.5, 0.6) is 0 Å². The van der Waals surface area contributed by atoms with Crippen molar-refractivity contribution in [2.45, 2.75) is 208 Å². The Kier molecular flexibility index (Phi) is 14.9. The number of rotatable bonds is 0. The molecule has 22 aromatic heterocycles. The molecule has 0 amide bonds. The third kappa shape index (κ3) is 9.11. The van der Waals surface area contributed by atoms with Crippen LogP contribution in [-0.4, -0.2) is 143 Å². The van der Waals surface area contributed by atoms with Crippen molar-refractivity contribution in [3.05, 3.63) is 170 Å². The van der Waals surface area contributed by atoms with E-state index in [2.05, 4.69) is 177 Å². The lowest BCUT2D eigenvalue weighted by atomic mass is 10.1. The number of imidazole rings is 12. The Morgan fingerprint density at radius 2 is 0.289 bits per heavy atom. The first-order valence-electron chi connectivity index (χ1n) is 38.6. The molecule has 0 saturated heterocycles. The molecular formula is C84H90N30. The maximum absolute atomic E-state index is 5.18. The minimum Gasteiger partial charge on any atom is -0.256 e. The normalized spacial score (nSPS) is 12.5. The van der Waals surface area contributed by atoms with Crippen LogP contribution in [0.25, 0.3) is 136 Å². The van der Waals surface area contributed by atoms with Gasteiger partial charge in [-0.2, -0.15) is 15.0 Å². The minimum absolute atomic E-state index is 0.699. The Morgan fingerprint density at radius 3 is 0.491 bits per heavy atom. The summed E-state index contributed by atoms with van der Waals surface area (Å²) in [5.74, 6) is 9.81. The zero-order chi connectivity index (χ0) is 80.8. The maximum Gasteiger partial charge on any atom is 0.227 e. The minimum atomic E-state index is 0.699. The van der Waals surface area contributed by atoms with E-state index in [0.717, 1.165) is 289 Å². The molecule has 22 aromatic rings. The summed E-state index contributed by atoms with van der Waals surface area (Å²) < 4.78 is 25.6. The van der Waals surface area contributed by atoms with Gasteiger partial charge in [0.15, 0.2) is 16.9 Å². The highest BCUT2D eigenvalue weighted by Gasteiger charge is 2.31. The van der Waals surface area contributed by atoms with Gasteiger partial charge in [0.1, 0.15) is 33.1 Å². The van der Waals surface area contributed by atoms with Crippen molar-refractivity contribution < 1.29 is 0 Å². The second-order valence-electron chi connectivity index (χ2n) is 31.7. The van der Waals surface area contributed by atoms with Crippen LogP contribution in [0, 0.1) is 208 Å². The predicted octanol–water partition coefficient (Wildman–Crippen LogP) is 15.1. The van der Waals surface area contributed by atoms with Gasteiger partial charge < -0.3 is 0 Å². The van der Waals surface area contributed by atoms with Crippen LogP contribution < -0.4 is 0 Å². The third-order valence-electron chi connectivity index (χ3n) is 25.4. The van der Waals surface area contributed by atoms with Gasteiger partial charge in [-0.3, -0.25) is 41.4 Å². The molecule has 0 atom stereocenters. The number of fused-ring (bicyclic) bond motifs is 36. The van der Waals surface area contributed by atoms with Gasteiger partial charge in [-0.25, -0.2) is 86.2 Å². The Labute approximate surface area is 652 Å². The largest absolute Gasteiger partial charge is 0.256 e. The van der Waals surface area contributed by atoms with Crippen LogP contribution in [0.15, 0.2) is 0 Å². The summed E-state index contributed by atoms with van der Waals surface area (Å²) in [5.41, 5.74) is 42.3. The first kappa shape index (κ1) is 71.3. The highest BCUT2D eigenvalue weighted by molar-refractivity contribution is 5.97. The highest BCUT2D eigenvalue weighted by atomic mass is 15.4. The molecule has 0 spiro atoms. The van der Waals surface area contributed by atoms with E-state index in [1.807, 2.05) is 83.1 Å². The Morgan fingerprint density at radius 1 is 0.123 bits per heavy atom. The molecule has 0 unspecified atom stereocenters. The van der Waals surface area contributed by atoms with E-state index in [4.69, 9.17) is 89.7 Å². The monoisotopic (exact) mass is 1520 g/mol. The lowest BCUT2D eigenvalue weighted by molar-refractivity contribution is 0.932. The van der Waals surface area contributed by atoms with E-state index in [0.29, 0.717) is 16.9 Å². The molecule has 30 nitrogen and oxygen atoms in total. The number of nitrogens with zero attached hydrogens (tertiary/aromatic N) is 30. The molecule has 114 heavy (non-hydrogen) atoms. The second-order valence-corrected chi connectivity index (χ2v) is 31.7. The molecule has 576 valence electrons. The van der Waals surface area contributed by atoms with Crippen LogP contribution in [-0.2, 0) is 0 Å². The lowest BCUT2D eigenvalue weighted by Gasteiger charge is -2.10. The van der Waals surface area contributed by atoms with E-state index in [-0.39, 0.29) is 0 Å². The van der Waals surface area contributed by atoms with Crippen LogP contribution >= 0.6 is 0 Å². The molecule has 22 heterocycles. The SMILES string of the molecule is Cc1nc(C)c2nc3n(c2c1C)c1nc2c(C)nc(C)c(C)c2n1c1nc2c(C)nc(C)c(C)c2n31.Cc1nc2n(c1C)c1nc(C)c(C)n1c1nc(C)c(C)n21.Cc1nc2n(c1C)c1nc(C)c(C)n1c1nc(C)c(C)n21.Cc1nc2nc3n(c2c(C)c1C)c1nc2nc(C)c(C)c(C)c2n1c1nc2nc(C)c(C)c(C)c2n31. The van der Waals surface area contributed by atoms with Gasteiger partial charge in [-0.05, 0) is 258 Å². The fraction of sp³-hybridized carbons (Fsp3) is 0.357. The average molecular weight is 1520 g/mol. The molecule has 0 saturated carbocycles. The van der Waals surface area contributed by atoms with Gasteiger partial charge in [0, 0.05) is 68.3 Å². The zero-order valence-electron chi connectivity index (χ0n) is 70.4. The van der Waals surface area contributed by atoms with Crippen molar-refractivity contribution in [2.75, 3.05) is 0 Å². The van der Waals surface area contributed by atoms with Crippen LogP contribution in [0.3, 0.4) is 0 Å². The Bertz CT molecular complexity index is 7170. The second kappa shape index (κ2) is 23.8. The molecule has 30 heteroatoms. The number of aromatic nitrogens is 30. The smallest absolute Gasteiger partial charge is 0.227 e. The van der Waals surface area contributed by atoms with E-state index >= 15 is 0 Å². The summed E-state index contributed by atoms with van der Waals surface area (Å²) in [6, 6.07) is 0. The summed E-state index contributed by atoms with van der Waals surface area (Å²) in [6.45, 7) is 62.1. The topological polar surface area (TPSA) is 285 Å². The quantitative estimate of drug-likeness (QED) is 0.136. The summed E-state index contributed by atoms with van der Waals surface area (Å²) in [6.07, 6.45) is 0. The van der Waals surface area contributed by atoms with Crippen molar-refractivity contribution in [1.82, 2.24) is 143 Å². The standard InChI is InChI=1S/2C27H27N9.2C15H18N6/c1-10-13(4)28-16(7)19-22(10)34-25(31-19)35-24-12(3)15(6)30-18(9)21(24)33-27(35)36-23-11(2)14(5)29-17(8)20(23)32-26(34)36;1-10-13(4)19-22(28-16(10)7)31-25-34(19)26-32-23-20(14(5)11(2)17(8)29-23)36(26)27-33-24-21(35(25)27)15(6)12(3)18(9)30-24;2*1-7-10(4)19-13(16-7)20-11(5)8(2)18-15(20)21-12(6)9(3)17-14(19)21/h2*1-9H3;2*1-6H3. The van der Waals surface area contributed by atoms with E-state index < -0.39 is 0 Å². The molecule has 0 aliphatic rings. The van der Waals surface area contributed by atoms with E-state index in [9.17, 15) is 0 Å². The Hall–Kier alpha value is -13.0. The number of aryl methyl sites for hydroxylation is 27. The van der Waals surface area contributed by atoms with Gasteiger partial charge in [-0.1, -0.05) is 0 Å². The molecule has 0 aliphatic carbocycles. The highest BCUT2D eigenvalue weighted by Crippen LogP contribution is 2.38. The summed E-state index contributed by atoms with van der Waals surface area (Å²) in [7, 11) is 0. The number of pyridine rings is 6. The van der Waals surface area contributed by atoms with Gasteiger partial charge in [-0.15, -0.1) is 0 Å². The zero-order valence-corrected chi connectivity index (χ0v) is 70.4. The van der Waals surface area contributed by atoms with Crippen LogP contribution in [0.2, 0.25) is 0 Å². The summed E-state index contributed by atoms with van der Waals surface area (Å²) >= 11 is 0. The molecule has 0 aliphatic heterocycles. The molecule has 22 rings (SSSR count). The fourth-order valence-corrected chi connectivity index (χ4v) is 17.1. The van der Waals surface area contributed by atoms with Crippen molar-refractivity contribution in [2.24, 2.45) is 0 Å². The van der Waals surface area contributed by atoms with Gasteiger partial charge in [0.2, 0.25) is 69.3 Å². The number of hydrogen-bond donors (Lipinski definition) is 0. The van der Waals surface area contributed by atoms with Crippen molar-refractivity contribution in [3.63, 3.8) is 0 Å². The van der Waals surface area contributed by atoms with Gasteiger partial charge in [0.25, 0.3) is 0 Å². The first-order valence-corrected chi connectivity index (χ1v) is 38.6. The maximum atomic E-state index is 5.18.